The molecule has 0 aliphatic rings. The third-order valence-electron chi connectivity index (χ3n) is 4.36. The molecule has 4 aromatic rings. The molecule has 30 heavy (non-hydrogen) atoms. The van der Waals surface area contributed by atoms with Gasteiger partial charge in [0.15, 0.2) is 11.5 Å². The molecule has 146 valence electrons. The number of benzene rings is 3. The molecule has 0 aliphatic heterocycles. The Balaban J connectivity index is 1.63. The Kier molecular flexibility index (Phi) is 5.55. The molecule has 0 spiro atoms. The van der Waals surface area contributed by atoms with Crippen molar-refractivity contribution in [2.75, 3.05) is 7.11 Å². The van der Waals surface area contributed by atoms with Crippen molar-refractivity contribution in [1.82, 2.24) is 4.98 Å². The maximum absolute atomic E-state index is 12.3. The van der Waals surface area contributed by atoms with Crippen LogP contribution in [-0.2, 0) is 0 Å². The Morgan fingerprint density at radius 1 is 1.03 bits per heavy atom. The van der Waals surface area contributed by atoms with Crippen molar-refractivity contribution < 1.29 is 14.3 Å². The predicted molar refractivity (Wildman–Crippen MR) is 117 cm³/mol. The fourth-order valence-electron chi connectivity index (χ4n) is 2.89. The molecule has 1 heterocycles. The topological polar surface area (TPSA) is 72.2 Å². The van der Waals surface area contributed by atoms with Crippen molar-refractivity contribution in [2.45, 2.75) is 0 Å². The first-order valence-corrected chi connectivity index (χ1v) is 9.92. The fourth-order valence-corrected chi connectivity index (χ4v) is 3.82. The molecule has 0 unspecified atom stereocenters. The summed E-state index contributed by atoms with van der Waals surface area (Å²) in [4.78, 5) is 16.9. The zero-order chi connectivity index (χ0) is 20.9. The standard InChI is InChI=1S/C24H16N2O3S/c1-28-21-14-16(11-12-20(21)29-24(27)17-7-3-2-4-8-17)13-18(15-25)23-26-19-9-5-6-10-22(19)30-23/h2-14H,1H3/b18-13+. The lowest BCUT2D eigenvalue weighted by Crippen LogP contribution is -2.09. The van der Waals surface area contributed by atoms with Gasteiger partial charge >= 0.3 is 5.97 Å². The summed E-state index contributed by atoms with van der Waals surface area (Å²) in [5.41, 5.74) is 2.50. The molecule has 0 N–H and O–H groups in total. The number of thiazole rings is 1. The van der Waals surface area contributed by atoms with Crippen LogP contribution in [0.3, 0.4) is 0 Å². The lowest BCUT2D eigenvalue weighted by atomic mass is 10.1. The van der Waals surface area contributed by atoms with E-state index in [-0.39, 0.29) is 0 Å². The number of fused-ring (bicyclic) bond motifs is 1. The first kappa shape index (κ1) is 19.4. The summed E-state index contributed by atoms with van der Waals surface area (Å²) >= 11 is 1.47. The third kappa shape index (κ3) is 4.07. The molecule has 0 radical (unpaired) electrons. The fraction of sp³-hybridized carbons (Fsp3) is 0.0417. The van der Waals surface area contributed by atoms with Gasteiger partial charge in [-0.25, -0.2) is 9.78 Å². The monoisotopic (exact) mass is 412 g/mol. The number of para-hydroxylation sites is 1. The normalized spacial score (nSPS) is 11.1. The minimum absolute atomic E-state index is 0.307. The predicted octanol–water partition coefficient (Wildman–Crippen LogP) is 5.59. The number of methoxy groups -OCH3 is 1. The number of allylic oxidation sites excluding steroid dienone is 1. The number of aromatic nitrogens is 1. The van der Waals surface area contributed by atoms with Gasteiger partial charge in [0.25, 0.3) is 0 Å². The van der Waals surface area contributed by atoms with E-state index in [2.05, 4.69) is 11.1 Å². The molecule has 6 heteroatoms. The molecule has 0 aliphatic carbocycles. The molecule has 0 saturated heterocycles. The van der Waals surface area contributed by atoms with Gasteiger partial charge in [-0.2, -0.15) is 5.26 Å². The second kappa shape index (κ2) is 8.60. The van der Waals surface area contributed by atoms with Gasteiger partial charge in [-0.15, -0.1) is 11.3 Å². The van der Waals surface area contributed by atoms with Crippen molar-refractivity contribution in [3.05, 3.63) is 88.9 Å². The zero-order valence-corrected chi connectivity index (χ0v) is 16.8. The summed E-state index contributed by atoms with van der Waals surface area (Å²) < 4.78 is 11.9. The van der Waals surface area contributed by atoms with E-state index >= 15 is 0 Å². The highest BCUT2D eigenvalue weighted by atomic mass is 32.1. The van der Waals surface area contributed by atoms with Gasteiger partial charge in [-0.1, -0.05) is 36.4 Å². The van der Waals surface area contributed by atoms with Crippen molar-refractivity contribution in [2.24, 2.45) is 0 Å². The summed E-state index contributed by atoms with van der Waals surface area (Å²) in [7, 11) is 1.50. The van der Waals surface area contributed by atoms with E-state index in [0.717, 1.165) is 15.8 Å². The smallest absolute Gasteiger partial charge is 0.343 e. The molecule has 1 aromatic heterocycles. The summed E-state index contributed by atoms with van der Waals surface area (Å²) in [6.07, 6.45) is 1.74. The average molecular weight is 412 g/mol. The number of hydrogen-bond donors (Lipinski definition) is 0. The molecular formula is C24H16N2O3S. The van der Waals surface area contributed by atoms with Crippen LogP contribution in [0.2, 0.25) is 0 Å². The number of carbonyl (C=O) groups is 1. The van der Waals surface area contributed by atoms with Crippen molar-refractivity contribution in [3.63, 3.8) is 0 Å². The first-order chi connectivity index (χ1) is 14.7. The maximum Gasteiger partial charge on any atom is 0.343 e. The molecular weight excluding hydrogens is 396 g/mol. The summed E-state index contributed by atoms with van der Waals surface area (Å²) in [5, 5.41) is 10.3. The minimum atomic E-state index is -0.468. The van der Waals surface area contributed by atoms with E-state index < -0.39 is 5.97 Å². The molecule has 4 rings (SSSR count). The zero-order valence-electron chi connectivity index (χ0n) is 16.0. The lowest BCUT2D eigenvalue weighted by Gasteiger charge is -2.10. The Morgan fingerprint density at radius 2 is 1.80 bits per heavy atom. The summed E-state index contributed by atoms with van der Waals surface area (Å²) in [6.45, 7) is 0. The van der Waals surface area contributed by atoms with Gasteiger partial charge in [0.1, 0.15) is 11.1 Å². The number of esters is 1. The van der Waals surface area contributed by atoms with Crippen LogP contribution in [-0.4, -0.2) is 18.1 Å². The number of rotatable bonds is 5. The molecule has 0 atom stereocenters. The largest absolute Gasteiger partial charge is 0.493 e. The van der Waals surface area contributed by atoms with E-state index in [4.69, 9.17) is 9.47 Å². The Bertz CT molecular complexity index is 1250. The van der Waals surface area contributed by atoms with Crippen molar-refractivity contribution >= 4 is 39.2 Å². The van der Waals surface area contributed by atoms with E-state index in [0.29, 0.717) is 27.6 Å². The number of nitriles is 1. The molecule has 0 fully saturated rings. The van der Waals surface area contributed by atoms with Crippen LogP contribution in [0.4, 0.5) is 0 Å². The van der Waals surface area contributed by atoms with Crippen LogP contribution >= 0.6 is 11.3 Å². The Hall–Kier alpha value is -3.95. The number of nitrogens with zero attached hydrogens (tertiary/aromatic N) is 2. The SMILES string of the molecule is COc1cc(/C=C(\C#N)c2nc3ccccc3s2)ccc1OC(=O)c1ccccc1. The first-order valence-electron chi connectivity index (χ1n) is 9.11. The van der Waals surface area contributed by atoms with Crippen LogP contribution in [0.25, 0.3) is 21.9 Å². The number of ether oxygens (including phenoxy) is 2. The van der Waals surface area contributed by atoms with Crippen LogP contribution in [0.15, 0.2) is 72.8 Å². The maximum atomic E-state index is 12.3. The second-order valence-electron chi connectivity index (χ2n) is 6.32. The quantitative estimate of drug-likeness (QED) is 0.243. The van der Waals surface area contributed by atoms with Gasteiger partial charge in [0, 0.05) is 0 Å². The highest BCUT2D eigenvalue weighted by molar-refractivity contribution is 7.19. The van der Waals surface area contributed by atoms with Gasteiger partial charge in [0.05, 0.1) is 28.5 Å². The minimum Gasteiger partial charge on any atom is -0.493 e. The average Bonchev–Trinajstić information content (AvgIpc) is 3.22. The molecule has 0 saturated carbocycles. The highest BCUT2D eigenvalue weighted by Crippen LogP contribution is 2.32. The Labute approximate surface area is 177 Å². The van der Waals surface area contributed by atoms with Gasteiger partial charge in [0.2, 0.25) is 0 Å². The van der Waals surface area contributed by atoms with Crippen LogP contribution in [0.5, 0.6) is 11.5 Å². The molecule has 5 nitrogen and oxygen atoms in total. The second-order valence-corrected chi connectivity index (χ2v) is 7.35. The van der Waals surface area contributed by atoms with Crippen LogP contribution < -0.4 is 9.47 Å². The number of carbonyl (C=O) groups excluding carboxylic acids is 1. The highest BCUT2D eigenvalue weighted by Gasteiger charge is 2.13. The van der Waals surface area contributed by atoms with Crippen LogP contribution in [0, 0.1) is 11.3 Å². The lowest BCUT2D eigenvalue weighted by molar-refractivity contribution is 0.0729. The van der Waals surface area contributed by atoms with Gasteiger partial charge < -0.3 is 9.47 Å². The van der Waals surface area contributed by atoms with E-state index in [1.165, 1.54) is 18.4 Å². The third-order valence-corrected chi connectivity index (χ3v) is 5.43. The molecule has 3 aromatic carbocycles. The van der Waals surface area contributed by atoms with Crippen molar-refractivity contribution in [3.8, 4) is 17.6 Å². The number of hydrogen-bond acceptors (Lipinski definition) is 6. The van der Waals surface area contributed by atoms with Crippen molar-refractivity contribution in [1.29, 1.82) is 5.26 Å². The summed E-state index contributed by atoms with van der Waals surface area (Å²) in [5.74, 6) is 0.237. The molecule has 0 amide bonds. The van der Waals surface area contributed by atoms with Gasteiger partial charge in [-0.05, 0) is 48.0 Å². The van der Waals surface area contributed by atoms with Gasteiger partial charge in [-0.3, -0.25) is 0 Å². The Morgan fingerprint density at radius 3 is 2.53 bits per heavy atom. The van der Waals surface area contributed by atoms with E-state index in [9.17, 15) is 10.1 Å². The van der Waals surface area contributed by atoms with E-state index in [1.807, 2.05) is 30.3 Å². The summed E-state index contributed by atoms with van der Waals surface area (Å²) in [6, 6.07) is 23.9. The van der Waals surface area contributed by atoms with E-state index in [1.54, 1.807) is 48.5 Å². The molecule has 0 bridgehead atoms. The van der Waals surface area contributed by atoms with Crippen LogP contribution in [0.1, 0.15) is 20.9 Å².